The summed E-state index contributed by atoms with van der Waals surface area (Å²) in [5.41, 5.74) is 0.537. The standard InChI is InChI=1S/C14H11BrN4OS/c15-12-3-2-11(21-12)8-18-14(20)10-1-4-13(17-7-10)19-6-5-16-9-19/h1-7,9H,8H2,(H,18,20). The summed E-state index contributed by atoms with van der Waals surface area (Å²) in [6.45, 7) is 0.512. The van der Waals surface area contributed by atoms with Gasteiger partial charge in [0.05, 0.1) is 15.9 Å². The van der Waals surface area contributed by atoms with E-state index < -0.39 is 0 Å². The highest BCUT2D eigenvalue weighted by Gasteiger charge is 2.07. The second kappa shape index (κ2) is 6.19. The van der Waals surface area contributed by atoms with Crippen molar-refractivity contribution in [2.45, 2.75) is 6.54 Å². The molecule has 3 rings (SSSR count). The van der Waals surface area contributed by atoms with Crippen LogP contribution in [0.15, 0.2) is 53.0 Å². The molecule has 0 unspecified atom stereocenters. The molecule has 7 heteroatoms. The summed E-state index contributed by atoms with van der Waals surface area (Å²) >= 11 is 5.00. The number of hydrogen-bond donors (Lipinski definition) is 1. The first kappa shape index (κ1) is 14.0. The van der Waals surface area contributed by atoms with Crippen molar-refractivity contribution < 1.29 is 4.79 Å². The number of imidazole rings is 1. The third-order valence-corrected chi connectivity index (χ3v) is 4.45. The Morgan fingerprint density at radius 2 is 2.24 bits per heavy atom. The second-order valence-corrected chi connectivity index (χ2v) is 6.81. The molecule has 0 aliphatic heterocycles. The highest BCUT2D eigenvalue weighted by molar-refractivity contribution is 9.11. The van der Waals surface area contributed by atoms with Crippen molar-refractivity contribution in [1.82, 2.24) is 19.9 Å². The lowest BCUT2D eigenvalue weighted by molar-refractivity contribution is 0.0951. The van der Waals surface area contributed by atoms with E-state index in [-0.39, 0.29) is 5.91 Å². The van der Waals surface area contributed by atoms with Crippen LogP contribution in [0.25, 0.3) is 5.82 Å². The molecule has 0 atom stereocenters. The predicted molar refractivity (Wildman–Crippen MR) is 84.5 cm³/mol. The average Bonchev–Trinajstić information content (AvgIpc) is 3.16. The summed E-state index contributed by atoms with van der Waals surface area (Å²) in [6.07, 6.45) is 6.71. The first-order valence-electron chi connectivity index (χ1n) is 6.19. The molecule has 3 aromatic rings. The summed E-state index contributed by atoms with van der Waals surface area (Å²) in [7, 11) is 0. The van der Waals surface area contributed by atoms with E-state index >= 15 is 0 Å². The molecule has 5 nitrogen and oxygen atoms in total. The number of rotatable bonds is 4. The number of thiophene rings is 1. The lowest BCUT2D eigenvalue weighted by atomic mass is 10.2. The highest BCUT2D eigenvalue weighted by atomic mass is 79.9. The fraction of sp³-hybridized carbons (Fsp3) is 0.0714. The van der Waals surface area contributed by atoms with E-state index in [4.69, 9.17) is 0 Å². The molecule has 106 valence electrons. The molecule has 0 aliphatic rings. The number of halogens is 1. The minimum absolute atomic E-state index is 0.135. The van der Waals surface area contributed by atoms with Crippen LogP contribution in [0.3, 0.4) is 0 Å². The minimum Gasteiger partial charge on any atom is -0.347 e. The molecule has 0 saturated heterocycles. The Labute approximate surface area is 133 Å². The zero-order chi connectivity index (χ0) is 14.7. The maximum atomic E-state index is 12.0. The van der Waals surface area contributed by atoms with Crippen molar-refractivity contribution >= 4 is 33.2 Å². The molecular formula is C14H11BrN4OS. The van der Waals surface area contributed by atoms with Gasteiger partial charge in [0.15, 0.2) is 0 Å². The largest absolute Gasteiger partial charge is 0.347 e. The molecule has 3 aromatic heterocycles. The van der Waals surface area contributed by atoms with E-state index in [9.17, 15) is 4.79 Å². The van der Waals surface area contributed by atoms with Gasteiger partial charge >= 0.3 is 0 Å². The van der Waals surface area contributed by atoms with Crippen LogP contribution in [0.2, 0.25) is 0 Å². The fourth-order valence-electron chi connectivity index (χ4n) is 1.78. The Morgan fingerprint density at radius 1 is 1.33 bits per heavy atom. The maximum absolute atomic E-state index is 12.0. The van der Waals surface area contributed by atoms with Crippen LogP contribution in [0, 0.1) is 0 Å². The average molecular weight is 363 g/mol. The molecule has 0 aliphatic carbocycles. The van der Waals surface area contributed by atoms with Crippen molar-refractivity contribution in [3.63, 3.8) is 0 Å². The van der Waals surface area contributed by atoms with Gasteiger partial charge in [-0.15, -0.1) is 11.3 Å². The van der Waals surface area contributed by atoms with Crippen LogP contribution in [0.4, 0.5) is 0 Å². The van der Waals surface area contributed by atoms with Crippen LogP contribution in [0.1, 0.15) is 15.2 Å². The topological polar surface area (TPSA) is 59.8 Å². The van der Waals surface area contributed by atoms with Crippen LogP contribution < -0.4 is 5.32 Å². The normalized spacial score (nSPS) is 10.5. The van der Waals surface area contributed by atoms with Crippen molar-refractivity contribution in [3.8, 4) is 5.82 Å². The second-order valence-electron chi connectivity index (χ2n) is 4.26. The summed E-state index contributed by atoms with van der Waals surface area (Å²) < 4.78 is 2.84. The molecule has 0 radical (unpaired) electrons. The quantitative estimate of drug-likeness (QED) is 0.775. The number of pyridine rings is 1. The third kappa shape index (κ3) is 3.37. The molecule has 0 fully saturated rings. The van der Waals surface area contributed by atoms with Gasteiger partial charge in [-0.3, -0.25) is 9.36 Å². The van der Waals surface area contributed by atoms with Gasteiger partial charge in [0.2, 0.25) is 0 Å². The Kier molecular flexibility index (Phi) is 4.12. The number of nitrogens with one attached hydrogen (secondary N) is 1. The van der Waals surface area contributed by atoms with Crippen molar-refractivity contribution in [1.29, 1.82) is 0 Å². The first-order valence-corrected chi connectivity index (χ1v) is 7.80. The molecule has 0 spiro atoms. The van der Waals surface area contributed by atoms with Crippen LogP contribution in [0.5, 0.6) is 0 Å². The summed E-state index contributed by atoms with van der Waals surface area (Å²) in [4.78, 5) is 21.4. The van der Waals surface area contributed by atoms with Gasteiger partial charge in [-0.2, -0.15) is 0 Å². The van der Waals surface area contributed by atoms with Gasteiger partial charge in [-0.05, 0) is 40.2 Å². The highest BCUT2D eigenvalue weighted by Crippen LogP contribution is 2.21. The van der Waals surface area contributed by atoms with E-state index in [1.165, 1.54) is 0 Å². The van der Waals surface area contributed by atoms with Gasteiger partial charge in [-0.1, -0.05) is 0 Å². The van der Waals surface area contributed by atoms with Crippen molar-refractivity contribution in [2.75, 3.05) is 0 Å². The zero-order valence-corrected chi connectivity index (χ0v) is 13.3. The molecule has 0 aromatic carbocycles. The fourth-order valence-corrected chi connectivity index (χ4v) is 3.21. The number of amides is 1. The molecular weight excluding hydrogens is 352 g/mol. The van der Waals surface area contributed by atoms with E-state index in [0.29, 0.717) is 12.1 Å². The van der Waals surface area contributed by atoms with Crippen LogP contribution >= 0.6 is 27.3 Å². The molecule has 1 amide bonds. The lowest BCUT2D eigenvalue weighted by Gasteiger charge is -2.05. The Balaban J connectivity index is 1.65. The van der Waals surface area contributed by atoms with E-state index in [0.717, 1.165) is 14.5 Å². The third-order valence-electron chi connectivity index (χ3n) is 2.83. The Bertz CT molecular complexity index is 737. The van der Waals surface area contributed by atoms with Crippen molar-refractivity contribution in [3.05, 3.63) is 63.4 Å². The first-order chi connectivity index (χ1) is 10.2. The number of carbonyl (C=O) groups excluding carboxylic acids is 1. The zero-order valence-electron chi connectivity index (χ0n) is 10.9. The Hall–Kier alpha value is -1.99. The number of aromatic nitrogens is 3. The maximum Gasteiger partial charge on any atom is 0.253 e. The van der Waals surface area contributed by atoms with Crippen molar-refractivity contribution in [2.24, 2.45) is 0 Å². The number of nitrogens with zero attached hydrogens (tertiary/aromatic N) is 3. The van der Waals surface area contributed by atoms with Crippen LogP contribution in [-0.2, 0) is 6.54 Å². The molecule has 3 heterocycles. The Morgan fingerprint density at radius 3 is 2.86 bits per heavy atom. The van der Waals surface area contributed by atoms with Gasteiger partial charge in [0, 0.05) is 23.5 Å². The molecule has 1 N–H and O–H groups in total. The van der Waals surface area contributed by atoms with Gasteiger partial charge in [0.1, 0.15) is 12.1 Å². The summed E-state index contributed by atoms with van der Waals surface area (Å²) in [6, 6.07) is 7.49. The molecule has 0 saturated carbocycles. The van der Waals surface area contributed by atoms with E-state index in [1.54, 1.807) is 53.0 Å². The van der Waals surface area contributed by atoms with E-state index in [1.807, 2.05) is 12.1 Å². The smallest absolute Gasteiger partial charge is 0.253 e. The van der Waals surface area contributed by atoms with Gasteiger partial charge in [0.25, 0.3) is 5.91 Å². The molecule has 21 heavy (non-hydrogen) atoms. The van der Waals surface area contributed by atoms with E-state index in [2.05, 4.69) is 31.2 Å². The van der Waals surface area contributed by atoms with Gasteiger partial charge in [-0.25, -0.2) is 9.97 Å². The SMILES string of the molecule is O=C(NCc1ccc(Br)s1)c1ccc(-n2ccnc2)nc1. The predicted octanol–water partition coefficient (Wildman–Crippen LogP) is 3.02. The van der Waals surface area contributed by atoms with Crippen LogP contribution in [-0.4, -0.2) is 20.4 Å². The molecule has 0 bridgehead atoms. The lowest BCUT2D eigenvalue weighted by Crippen LogP contribution is -2.22. The summed E-state index contributed by atoms with van der Waals surface area (Å²) in [5.74, 6) is 0.593. The minimum atomic E-state index is -0.135. The van der Waals surface area contributed by atoms with Gasteiger partial charge < -0.3 is 5.32 Å². The summed E-state index contributed by atoms with van der Waals surface area (Å²) in [5, 5.41) is 2.87. The number of carbonyl (C=O) groups is 1. The number of hydrogen-bond acceptors (Lipinski definition) is 4. The monoisotopic (exact) mass is 362 g/mol.